The van der Waals surface area contributed by atoms with Crippen LogP contribution in [-0.2, 0) is 15.1 Å². The SMILES string of the molecule is CN(CCCN)C[C@H]1O[C@@H](n2c(-c3ccccc3)nc3c(N)ncnc32)C(O)C1O.O=S(=O)(O)O. The number of anilines is 1. The summed E-state index contributed by atoms with van der Waals surface area (Å²) in [5.41, 5.74) is 13.3. The van der Waals surface area contributed by atoms with Gasteiger partial charge in [-0.2, -0.15) is 8.42 Å². The summed E-state index contributed by atoms with van der Waals surface area (Å²) in [4.78, 5) is 15.0. The molecule has 0 bridgehead atoms. The maximum atomic E-state index is 10.9. The van der Waals surface area contributed by atoms with Gasteiger partial charge in [0.05, 0.1) is 0 Å². The lowest BCUT2D eigenvalue weighted by Gasteiger charge is -2.22. The molecule has 1 saturated heterocycles. The number of aromatic nitrogens is 4. The molecule has 2 aromatic heterocycles. The zero-order valence-electron chi connectivity index (χ0n) is 18.9. The monoisotopic (exact) mass is 511 g/mol. The standard InChI is InChI=1S/C20H27N7O3.H2O4S/c1-26(9-5-8-21)10-13-15(28)16(29)20(30-13)27-18(12-6-3-2-4-7-12)25-14-17(22)23-11-24-19(14)27;1-5(2,3)4/h2-4,6-7,11,13,15-16,20,28-29H,5,8-10,21H2,1H3,(H2,22,23,24);(H2,1,2,3,4)/t13-,15?,16?,20-;/m1./s1. The van der Waals surface area contributed by atoms with Crippen LogP contribution in [0.15, 0.2) is 36.7 Å². The number of nitrogens with two attached hydrogens (primary N) is 2. The molecule has 1 aliphatic heterocycles. The maximum Gasteiger partial charge on any atom is 0.394 e. The fraction of sp³-hybridized carbons (Fsp3) is 0.450. The Morgan fingerprint density at radius 1 is 1.14 bits per heavy atom. The van der Waals surface area contributed by atoms with Gasteiger partial charge in [0.2, 0.25) is 0 Å². The molecule has 4 atom stereocenters. The molecule has 15 heteroatoms. The second-order valence-electron chi connectivity index (χ2n) is 8.00. The first-order chi connectivity index (χ1) is 16.5. The van der Waals surface area contributed by atoms with Gasteiger partial charge in [0.25, 0.3) is 0 Å². The minimum Gasteiger partial charge on any atom is -0.387 e. The van der Waals surface area contributed by atoms with Gasteiger partial charge in [-0.15, -0.1) is 0 Å². The summed E-state index contributed by atoms with van der Waals surface area (Å²) in [6, 6.07) is 9.49. The molecule has 3 aromatic rings. The lowest BCUT2D eigenvalue weighted by Crippen LogP contribution is -2.39. The minimum absolute atomic E-state index is 0.238. The van der Waals surface area contributed by atoms with Crippen molar-refractivity contribution in [2.75, 3.05) is 32.4 Å². The van der Waals surface area contributed by atoms with Gasteiger partial charge in [-0.25, -0.2) is 15.0 Å². The van der Waals surface area contributed by atoms with Crippen LogP contribution in [0.5, 0.6) is 0 Å². The van der Waals surface area contributed by atoms with Crippen molar-refractivity contribution in [2.45, 2.75) is 31.0 Å². The Hall–Kier alpha value is -2.76. The van der Waals surface area contributed by atoms with E-state index in [-0.39, 0.29) is 5.82 Å². The van der Waals surface area contributed by atoms with Crippen LogP contribution >= 0.6 is 0 Å². The van der Waals surface area contributed by atoms with Crippen molar-refractivity contribution in [3.05, 3.63) is 36.7 Å². The average Bonchev–Trinajstić information content (AvgIpc) is 3.31. The molecule has 35 heavy (non-hydrogen) atoms. The lowest BCUT2D eigenvalue weighted by molar-refractivity contribution is -0.0412. The van der Waals surface area contributed by atoms with E-state index in [1.54, 1.807) is 4.57 Å². The fourth-order valence-electron chi connectivity index (χ4n) is 3.81. The Morgan fingerprint density at radius 2 is 1.80 bits per heavy atom. The van der Waals surface area contributed by atoms with Gasteiger partial charge in [0.15, 0.2) is 23.2 Å². The van der Waals surface area contributed by atoms with Crippen LogP contribution in [-0.4, -0.2) is 97.1 Å². The number of hydrogen-bond acceptors (Lipinski definition) is 11. The van der Waals surface area contributed by atoms with E-state index in [0.717, 1.165) is 18.5 Å². The van der Waals surface area contributed by atoms with Crippen molar-refractivity contribution >= 4 is 27.4 Å². The van der Waals surface area contributed by atoms with E-state index in [0.29, 0.717) is 30.1 Å². The van der Waals surface area contributed by atoms with Crippen molar-refractivity contribution < 1.29 is 32.5 Å². The van der Waals surface area contributed by atoms with Gasteiger partial charge in [-0.1, -0.05) is 30.3 Å². The smallest absolute Gasteiger partial charge is 0.387 e. The number of hydrogen-bond donors (Lipinski definition) is 6. The number of aliphatic hydroxyl groups is 2. The first-order valence-electron chi connectivity index (χ1n) is 10.6. The Bertz CT molecular complexity index is 1220. The van der Waals surface area contributed by atoms with Crippen LogP contribution in [0.2, 0.25) is 0 Å². The van der Waals surface area contributed by atoms with Crippen LogP contribution in [0.25, 0.3) is 22.6 Å². The maximum absolute atomic E-state index is 10.9. The zero-order chi connectivity index (χ0) is 25.8. The van der Waals surface area contributed by atoms with E-state index in [1.165, 1.54) is 6.33 Å². The van der Waals surface area contributed by atoms with Gasteiger partial charge in [-0.05, 0) is 26.6 Å². The first-order valence-corrected chi connectivity index (χ1v) is 12.0. The van der Waals surface area contributed by atoms with Crippen molar-refractivity contribution in [2.24, 2.45) is 5.73 Å². The van der Waals surface area contributed by atoms with E-state index in [2.05, 4.69) is 15.0 Å². The van der Waals surface area contributed by atoms with E-state index >= 15 is 0 Å². The molecule has 1 aromatic carbocycles. The third-order valence-corrected chi connectivity index (χ3v) is 5.36. The normalized spacial score (nSPS) is 22.4. The average molecular weight is 512 g/mol. The third kappa shape index (κ3) is 6.68. The summed E-state index contributed by atoms with van der Waals surface area (Å²) < 4.78 is 39.4. The van der Waals surface area contributed by atoms with Crippen LogP contribution in [0.3, 0.4) is 0 Å². The Balaban J connectivity index is 0.000000623. The summed E-state index contributed by atoms with van der Waals surface area (Å²) in [6.07, 6.45) is -1.48. The molecule has 1 fully saturated rings. The number of ether oxygens (including phenoxy) is 1. The first kappa shape index (κ1) is 26.8. The molecule has 1 aliphatic rings. The Kier molecular flexibility index (Phi) is 8.68. The minimum atomic E-state index is -4.67. The molecule has 0 saturated carbocycles. The van der Waals surface area contributed by atoms with Gasteiger partial charge in [0.1, 0.15) is 30.5 Å². The fourth-order valence-corrected chi connectivity index (χ4v) is 3.81. The molecule has 0 aliphatic carbocycles. The van der Waals surface area contributed by atoms with Gasteiger partial charge < -0.3 is 31.3 Å². The Labute approximate surface area is 201 Å². The highest BCUT2D eigenvalue weighted by Crippen LogP contribution is 2.36. The van der Waals surface area contributed by atoms with E-state index in [9.17, 15) is 10.2 Å². The van der Waals surface area contributed by atoms with Crippen molar-refractivity contribution in [1.29, 1.82) is 0 Å². The molecule has 0 spiro atoms. The van der Waals surface area contributed by atoms with Crippen LogP contribution in [0.1, 0.15) is 12.6 Å². The highest BCUT2D eigenvalue weighted by molar-refractivity contribution is 7.79. The molecule has 192 valence electrons. The number of fused-ring (bicyclic) bond motifs is 1. The number of benzene rings is 1. The van der Waals surface area contributed by atoms with E-state index in [1.807, 2.05) is 42.3 Å². The molecule has 8 N–H and O–H groups in total. The third-order valence-electron chi connectivity index (χ3n) is 5.36. The van der Waals surface area contributed by atoms with Gasteiger partial charge in [-0.3, -0.25) is 13.7 Å². The van der Waals surface area contributed by atoms with E-state index < -0.39 is 34.9 Å². The largest absolute Gasteiger partial charge is 0.394 e. The molecular weight excluding hydrogens is 482 g/mol. The molecule has 14 nitrogen and oxygen atoms in total. The highest BCUT2D eigenvalue weighted by Gasteiger charge is 2.45. The molecule has 2 unspecified atom stereocenters. The molecule has 0 amide bonds. The summed E-state index contributed by atoms with van der Waals surface area (Å²) >= 11 is 0. The van der Waals surface area contributed by atoms with Crippen LogP contribution < -0.4 is 11.5 Å². The molecule has 0 radical (unpaired) electrons. The predicted octanol–water partition coefficient (Wildman–Crippen LogP) is -0.677. The van der Waals surface area contributed by atoms with Crippen molar-refractivity contribution in [3.63, 3.8) is 0 Å². The summed E-state index contributed by atoms with van der Waals surface area (Å²) in [5, 5.41) is 21.5. The topological polar surface area (TPSA) is 223 Å². The number of rotatable bonds is 7. The summed E-state index contributed by atoms with van der Waals surface area (Å²) in [6.45, 7) is 1.82. The summed E-state index contributed by atoms with van der Waals surface area (Å²) in [7, 11) is -2.73. The van der Waals surface area contributed by atoms with E-state index in [4.69, 9.17) is 33.7 Å². The highest BCUT2D eigenvalue weighted by atomic mass is 32.3. The number of likely N-dealkylation sites (N-methyl/N-ethyl adjacent to an activating group) is 1. The number of aliphatic hydroxyl groups excluding tert-OH is 2. The second-order valence-corrected chi connectivity index (χ2v) is 8.90. The van der Waals surface area contributed by atoms with Crippen molar-refractivity contribution in [1.82, 2.24) is 24.4 Å². The zero-order valence-corrected chi connectivity index (χ0v) is 19.7. The number of nitrogen functional groups attached to an aromatic ring is 1. The van der Waals surface area contributed by atoms with Crippen LogP contribution in [0, 0.1) is 0 Å². The second kappa shape index (κ2) is 11.3. The molecular formula is C20H29N7O7S. The lowest BCUT2D eigenvalue weighted by atomic mass is 10.1. The number of imidazole rings is 1. The Morgan fingerprint density at radius 3 is 2.43 bits per heavy atom. The molecule has 3 heterocycles. The van der Waals surface area contributed by atoms with Gasteiger partial charge in [0, 0.05) is 12.1 Å². The molecule has 4 rings (SSSR count). The van der Waals surface area contributed by atoms with Crippen molar-refractivity contribution in [3.8, 4) is 11.4 Å². The quantitative estimate of drug-likeness (QED) is 0.217. The predicted molar refractivity (Wildman–Crippen MR) is 126 cm³/mol. The summed E-state index contributed by atoms with van der Waals surface area (Å²) in [5.74, 6) is 0.772. The number of nitrogens with zero attached hydrogens (tertiary/aromatic N) is 5. The van der Waals surface area contributed by atoms with Crippen LogP contribution in [0.4, 0.5) is 5.82 Å². The van der Waals surface area contributed by atoms with Gasteiger partial charge >= 0.3 is 10.4 Å².